The molecule has 0 aromatic carbocycles. The zero-order valence-corrected chi connectivity index (χ0v) is 8.20. The van der Waals surface area contributed by atoms with Crippen LogP contribution in [0.4, 0.5) is 11.9 Å². The Morgan fingerprint density at radius 1 is 1.20 bits per heavy atom. The first kappa shape index (κ1) is 9.38. The lowest BCUT2D eigenvalue weighted by atomic mass is 10.3. The number of nitrogen functional groups attached to an aromatic ring is 2. The molecule has 1 atom stereocenters. The minimum Gasteiger partial charge on any atom is -0.368 e. The van der Waals surface area contributed by atoms with Gasteiger partial charge in [0, 0.05) is 12.4 Å². The largest absolute Gasteiger partial charge is 0.368 e. The Hall–Kier alpha value is -2.18. The van der Waals surface area contributed by atoms with E-state index in [0.29, 0.717) is 5.82 Å². The third kappa shape index (κ3) is 1.85. The average Bonchev–Trinajstić information content (AvgIpc) is 2.67. The summed E-state index contributed by atoms with van der Waals surface area (Å²) in [7, 11) is 0. The summed E-state index contributed by atoms with van der Waals surface area (Å²) in [5.41, 5.74) is 11.0. The molecule has 7 nitrogen and oxygen atoms in total. The van der Waals surface area contributed by atoms with Crippen molar-refractivity contribution in [3.05, 3.63) is 24.5 Å². The van der Waals surface area contributed by atoms with Gasteiger partial charge in [0.05, 0.1) is 12.4 Å². The van der Waals surface area contributed by atoms with Crippen molar-refractivity contribution in [2.45, 2.75) is 13.0 Å². The maximum absolute atomic E-state index is 5.48. The number of anilines is 2. The van der Waals surface area contributed by atoms with Crippen LogP contribution in [0.3, 0.4) is 0 Å². The van der Waals surface area contributed by atoms with Crippen molar-refractivity contribution >= 4 is 11.9 Å². The summed E-state index contributed by atoms with van der Waals surface area (Å²) >= 11 is 0. The van der Waals surface area contributed by atoms with E-state index in [1.54, 1.807) is 12.5 Å². The summed E-state index contributed by atoms with van der Waals surface area (Å²) in [6.07, 6.45) is 5.19. The molecule has 0 amide bonds. The molecule has 4 N–H and O–H groups in total. The van der Waals surface area contributed by atoms with Gasteiger partial charge in [-0.15, -0.1) is 0 Å². The van der Waals surface area contributed by atoms with E-state index in [4.69, 9.17) is 11.5 Å². The van der Waals surface area contributed by atoms with E-state index in [1.807, 2.05) is 17.7 Å². The molecular formula is C8H11N7. The molecule has 2 heterocycles. The van der Waals surface area contributed by atoms with Crippen LogP contribution in [0.1, 0.15) is 18.8 Å². The van der Waals surface area contributed by atoms with E-state index in [0.717, 1.165) is 0 Å². The maximum atomic E-state index is 5.48. The first-order valence-corrected chi connectivity index (χ1v) is 4.41. The Morgan fingerprint density at radius 3 is 2.40 bits per heavy atom. The minimum absolute atomic E-state index is 0.0694. The zero-order valence-electron chi connectivity index (χ0n) is 8.20. The fraction of sp³-hybridized carbons (Fsp3) is 0.250. The fourth-order valence-corrected chi connectivity index (χ4v) is 1.25. The Balaban J connectivity index is 2.37. The molecule has 0 fully saturated rings. The van der Waals surface area contributed by atoms with E-state index in [1.165, 1.54) is 0 Å². The number of imidazole rings is 1. The molecular weight excluding hydrogens is 194 g/mol. The van der Waals surface area contributed by atoms with Crippen LogP contribution in [0.15, 0.2) is 18.7 Å². The molecule has 0 saturated heterocycles. The molecule has 0 bridgehead atoms. The zero-order chi connectivity index (χ0) is 10.8. The van der Waals surface area contributed by atoms with Crippen molar-refractivity contribution in [3.8, 4) is 0 Å². The second-order valence-electron chi connectivity index (χ2n) is 3.10. The first-order valence-electron chi connectivity index (χ1n) is 4.41. The van der Waals surface area contributed by atoms with E-state index < -0.39 is 0 Å². The molecule has 0 aliphatic heterocycles. The van der Waals surface area contributed by atoms with Crippen LogP contribution in [0, 0.1) is 0 Å². The monoisotopic (exact) mass is 205 g/mol. The van der Waals surface area contributed by atoms with Crippen LogP contribution in [0.25, 0.3) is 0 Å². The number of nitrogens with zero attached hydrogens (tertiary/aromatic N) is 5. The minimum atomic E-state index is -0.0694. The smallest absolute Gasteiger partial charge is 0.225 e. The molecule has 0 radical (unpaired) electrons. The highest BCUT2D eigenvalue weighted by Crippen LogP contribution is 2.13. The SMILES string of the molecule is CC(c1nc(N)nc(N)n1)n1ccnc1. The highest BCUT2D eigenvalue weighted by molar-refractivity contribution is 5.26. The third-order valence-corrected chi connectivity index (χ3v) is 2.03. The number of hydrogen-bond donors (Lipinski definition) is 2. The highest BCUT2D eigenvalue weighted by atomic mass is 15.2. The maximum Gasteiger partial charge on any atom is 0.225 e. The predicted molar refractivity (Wildman–Crippen MR) is 54.7 cm³/mol. The molecule has 0 saturated carbocycles. The quantitative estimate of drug-likeness (QED) is 0.705. The topological polar surface area (TPSA) is 109 Å². The number of hydrogen-bond acceptors (Lipinski definition) is 6. The average molecular weight is 205 g/mol. The van der Waals surface area contributed by atoms with Gasteiger partial charge in [-0.2, -0.15) is 15.0 Å². The second kappa shape index (κ2) is 3.52. The molecule has 15 heavy (non-hydrogen) atoms. The molecule has 0 aliphatic rings. The lowest BCUT2D eigenvalue weighted by molar-refractivity contribution is 0.598. The Labute approximate surface area is 86.2 Å². The fourth-order valence-electron chi connectivity index (χ4n) is 1.25. The van der Waals surface area contributed by atoms with E-state index in [2.05, 4.69) is 19.9 Å². The van der Waals surface area contributed by atoms with E-state index >= 15 is 0 Å². The standard InChI is InChI=1S/C8H11N7/c1-5(15-3-2-11-4-15)6-12-7(9)14-8(10)13-6/h2-5H,1H3,(H4,9,10,12,13,14). The summed E-state index contributed by atoms with van der Waals surface area (Å²) in [5, 5.41) is 0. The summed E-state index contributed by atoms with van der Waals surface area (Å²) in [6.45, 7) is 1.93. The van der Waals surface area contributed by atoms with Gasteiger partial charge in [-0.25, -0.2) is 4.98 Å². The van der Waals surface area contributed by atoms with E-state index in [9.17, 15) is 0 Å². The molecule has 0 spiro atoms. The van der Waals surface area contributed by atoms with Gasteiger partial charge in [0.2, 0.25) is 11.9 Å². The van der Waals surface area contributed by atoms with Gasteiger partial charge in [0.15, 0.2) is 5.82 Å². The normalized spacial score (nSPS) is 12.6. The Kier molecular flexibility index (Phi) is 2.20. The van der Waals surface area contributed by atoms with Gasteiger partial charge in [0.1, 0.15) is 0 Å². The van der Waals surface area contributed by atoms with Crippen molar-refractivity contribution in [2.75, 3.05) is 11.5 Å². The first-order chi connectivity index (χ1) is 7.16. The van der Waals surface area contributed by atoms with Gasteiger partial charge >= 0.3 is 0 Å². The van der Waals surface area contributed by atoms with Gasteiger partial charge in [-0.05, 0) is 6.92 Å². The van der Waals surface area contributed by atoms with Gasteiger partial charge in [0.25, 0.3) is 0 Å². The summed E-state index contributed by atoms with van der Waals surface area (Å²) < 4.78 is 1.86. The Bertz CT molecular complexity index is 430. The lowest BCUT2D eigenvalue weighted by Crippen LogP contribution is -2.13. The molecule has 7 heteroatoms. The summed E-state index contributed by atoms with van der Waals surface area (Å²) in [6, 6.07) is -0.0694. The third-order valence-electron chi connectivity index (χ3n) is 2.03. The highest BCUT2D eigenvalue weighted by Gasteiger charge is 2.11. The van der Waals surface area contributed by atoms with Gasteiger partial charge < -0.3 is 16.0 Å². The summed E-state index contributed by atoms with van der Waals surface area (Å²) in [5.74, 6) is 0.784. The van der Waals surface area contributed by atoms with Crippen LogP contribution in [-0.4, -0.2) is 24.5 Å². The van der Waals surface area contributed by atoms with Crippen LogP contribution in [0.5, 0.6) is 0 Å². The van der Waals surface area contributed by atoms with Crippen molar-refractivity contribution < 1.29 is 0 Å². The van der Waals surface area contributed by atoms with Crippen LogP contribution < -0.4 is 11.5 Å². The van der Waals surface area contributed by atoms with Crippen molar-refractivity contribution in [3.63, 3.8) is 0 Å². The summed E-state index contributed by atoms with van der Waals surface area (Å²) in [4.78, 5) is 15.7. The van der Waals surface area contributed by atoms with Gasteiger partial charge in [-0.1, -0.05) is 0 Å². The second-order valence-corrected chi connectivity index (χ2v) is 3.10. The number of rotatable bonds is 2. The van der Waals surface area contributed by atoms with Crippen LogP contribution in [0.2, 0.25) is 0 Å². The molecule has 78 valence electrons. The Morgan fingerprint density at radius 2 is 1.87 bits per heavy atom. The lowest BCUT2D eigenvalue weighted by Gasteiger charge is -2.11. The number of nitrogens with two attached hydrogens (primary N) is 2. The molecule has 2 aromatic rings. The van der Waals surface area contributed by atoms with Crippen molar-refractivity contribution in [1.29, 1.82) is 0 Å². The molecule has 1 unspecified atom stereocenters. The molecule has 2 aromatic heterocycles. The predicted octanol–water partition coefficient (Wildman–Crippen LogP) is -0.158. The van der Waals surface area contributed by atoms with Gasteiger partial charge in [-0.3, -0.25) is 0 Å². The van der Waals surface area contributed by atoms with Crippen LogP contribution >= 0.6 is 0 Å². The molecule has 2 rings (SSSR count). The van der Waals surface area contributed by atoms with Crippen LogP contribution in [-0.2, 0) is 0 Å². The molecule has 0 aliphatic carbocycles. The van der Waals surface area contributed by atoms with Crippen molar-refractivity contribution in [2.24, 2.45) is 0 Å². The van der Waals surface area contributed by atoms with Crippen molar-refractivity contribution in [1.82, 2.24) is 24.5 Å². The number of aromatic nitrogens is 5. The van der Waals surface area contributed by atoms with E-state index in [-0.39, 0.29) is 17.9 Å².